The zero-order valence-corrected chi connectivity index (χ0v) is 5.60. The van der Waals surface area contributed by atoms with Gasteiger partial charge in [-0.2, -0.15) is 0 Å². The van der Waals surface area contributed by atoms with E-state index in [1.807, 2.05) is 0 Å². The third-order valence-electron chi connectivity index (χ3n) is 0.303. The number of hydrogen-bond acceptors (Lipinski definition) is 2. The average Bonchev–Trinajstić information content (AvgIpc) is 1.61. The molecule has 1 unspecified atom stereocenters. The van der Waals surface area contributed by atoms with Crippen LogP contribution in [0.2, 0.25) is 0 Å². The number of rotatable bonds is 3. The molecule has 0 bridgehead atoms. The Morgan fingerprint density at radius 2 is 2.50 bits per heavy atom. The van der Waals surface area contributed by atoms with Crippen molar-refractivity contribution in [3.05, 3.63) is 12.7 Å². The maximum absolute atomic E-state index is 9.64. The van der Waals surface area contributed by atoms with E-state index in [2.05, 4.69) is 11.1 Å². The van der Waals surface area contributed by atoms with Crippen LogP contribution >= 0.6 is 8.25 Å². The van der Waals surface area contributed by atoms with Gasteiger partial charge in [-0.15, -0.1) is 16.0 Å². The fraction of sp³-hybridized carbons (Fsp3) is 0.333. The Hall–Kier alpha value is 0.357. The van der Waals surface area contributed by atoms with Crippen molar-refractivity contribution < 1.29 is 34.3 Å². The predicted octanol–water partition coefficient (Wildman–Crippen LogP) is -2.04. The summed E-state index contributed by atoms with van der Waals surface area (Å²) in [6, 6.07) is 0. The molecule has 0 heterocycles. The summed E-state index contributed by atoms with van der Waals surface area (Å²) in [5, 5.41) is 0. The summed E-state index contributed by atoms with van der Waals surface area (Å²) in [6.07, 6.45) is 1.41. The van der Waals surface area contributed by atoms with E-state index in [1.54, 1.807) is 0 Å². The van der Waals surface area contributed by atoms with E-state index in [4.69, 9.17) is 4.89 Å². The Bertz CT molecular complexity index is 89.1. The quantitative estimate of drug-likeness (QED) is 0.271. The fourth-order valence-electron chi connectivity index (χ4n) is 0.116. The van der Waals surface area contributed by atoms with Crippen LogP contribution in [-0.2, 0) is 9.09 Å². The summed E-state index contributed by atoms with van der Waals surface area (Å²) >= 11 is 0. The van der Waals surface area contributed by atoms with Gasteiger partial charge in [0.05, 0.1) is 0 Å². The van der Waals surface area contributed by atoms with Crippen LogP contribution in [-0.4, -0.2) is 11.5 Å². The van der Waals surface area contributed by atoms with Gasteiger partial charge < -0.3 is 1.43 Å². The van der Waals surface area contributed by atoms with E-state index < -0.39 is 8.25 Å². The van der Waals surface area contributed by atoms with Crippen LogP contribution in [0.5, 0.6) is 0 Å². The first-order chi connectivity index (χ1) is 3.27. The summed E-state index contributed by atoms with van der Waals surface area (Å²) < 4.78 is 13.8. The maximum atomic E-state index is 9.64. The molecule has 3 nitrogen and oxygen atoms in total. The second kappa shape index (κ2) is 7.36. The molecule has 0 aromatic rings. The van der Waals surface area contributed by atoms with E-state index in [0.717, 1.165) is 0 Å². The molecule has 0 aromatic carbocycles. The van der Waals surface area contributed by atoms with Gasteiger partial charge >= 0.3 is 27.1 Å². The molecule has 0 saturated carbocycles. The van der Waals surface area contributed by atoms with Gasteiger partial charge in [0.25, 0.3) is 0 Å². The molecule has 42 valence electrons. The van der Waals surface area contributed by atoms with E-state index in [1.165, 1.54) is 6.08 Å². The summed E-state index contributed by atoms with van der Waals surface area (Å²) in [5.41, 5.74) is 0. The van der Waals surface area contributed by atoms with E-state index in [9.17, 15) is 4.57 Å². The Balaban J connectivity index is -0.000000180. The molecule has 0 rings (SSSR count). The van der Waals surface area contributed by atoms with Crippen molar-refractivity contribution in [1.82, 2.24) is 0 Å². The average molecular weight is 129 g/mol. The first-order valence-corrected chi connectivity index (χ1v) is 2.80. The molecular weight excluding hydrogens is 122 g/mol. The summed E-state index contributed by atoms with van der Waals surface area (Å²) in [5.74, 6) is 0. The zero-order valence-electron chi connectivity index (χ0n) is 5.70. The maximum Gasteiger partial charge on any atom is 1.00 e. The Kier molecular flexibility index (Phi) is 10.3. The monoisotopic (exact) mass is 129 g/mol. The first-order valence-electron chi connectivity index (χ1n) is 1.67. The first kappa shape index (κ1) is 11.2. The van der Waals surface area contributed by atoms with Crippen molar-refractivity contribution in [3.8, 4) is 0 Å². The van der Waals surface area contributed by atoms with Crippen molar-refractivity contribution in [1.29, 1.82) is 0 Å². The molecule has 1 atom stereocenters. The van der Waals surface area contributed by atoms with Crippen molar-refractivity contribution in [2.75, 3.05) is 6.61 Å². The SMILES string of the molecule is C=CCO[P+](=O)O.[H-].[Li+]. The standard InChI is InChI=1S/C3H5O3P.Li.H/c1-2-3-6-7(4)5;;/h2H,1,3H2;;/q;+1;-1/p+1. The van der Waals surface area contributed by atoms with Crippen LogP contribution in [0.1, 0.15) is 1.43 Å². The van der Waals surface area contributed by atoms with Crippen LogP contribution in [0.15, 0.2) is 12.7 Å². The van der Waals surface area contributed by atoms with Gasteiger partial charge in [-0.1, -0.05) is 6.08 Å². The molecule has 0 aliphatic rings. The second-order valence-electron chi connectivity index (χ2n) is 0.822. The van der Waals surface area contributed by atoms with Gasteiger partial charge in [-0.3, -0.25) is 0 Å². The molecule has 8 heavy (non-hydrogen) atoms. The minimum Gasteiger partial charge on any atom is -1.00 e. The van der Waals surface area contributed by atoms with Crippen LogP contribution in [0.25, 0.3) is 0 Å². The van der Waals surface area contributed by atoms with Gasteiger partial charge in [0.2, 0.25) is 0 Å². The Labute approximate surface area is 62.3 Å². The summed E-state index contributed by atoms with van der Waals surface area (Å²) in [4.78, 5) is 7.92. The fourth-order valence-corrected chi connectivity index (χ4v) is 0.349. The van der Waals surface area contributed by atoms with Crippen molar-refractivity contribution in [2.45, 2.75) is 0 Å². The third-order valence-corrected chi connectivity index (χ3v) is 0.673. The molecule has 0 spiro atoms. The van der Waals surface area contributed by atoms with Gasteiger partial charge in [0, 0.05) is 4.57 Å². The van der Waals surface area contributed by atoms with Crippen molar-refractivity contribution >= 4 is 8.25 Å². The molecule has 0 saturated heterocycles. The largest absolute Gasteiger partial charge is 1.00 e. The normalized spacial score (nSPS) is 9.38. The predicted molar refractivity (Wildman–Crippen MR) is 27.1 cm³/mol. The van der Waals surface area contributed by atoms with Gasteiger partial charge in [-0.05, 0) is 0 Å². The topological polar surface area (TPSA) is 46.5 Å². The minimum absolute atomic E-state index is 0. The van der Waals surface area contributed by atoms with Crippen LogP contribution in [0.3, 0.4) is 0 Å². The van der Waals surface area contributed by atoms with Gasteiger partial charge in [0.15, 0.2) is 0 Å². The molecular formula is C3H7LiO3P+. The van der Waals surface area contributed by atoms with Crippen LogP contribution in [0, 0.1) is 0 Å². The Morgan fingerprint density at radius 3 is 2.62 bits per heavy atom. The van der Waals surface area contributed by atoms with E-state index in [0.29, 0.717) is 0 Å². The van der Waals surface area contributed by atoms with E-state index >= 15 is 0 Å². The molecule has 0 radical (unpaired) electrons. The number of hydrogen-bond donors (Lipinski definition) is 1. The van der Waals surface area contributed by atoms with Crippen LogP contribution in [0.4, 0.5) is 0 Å². The molecule has 0 fully saturated rings. The summed E-state index contributed by atoms with van der Waals surface area (Å²) in [7, 11) is -2.43. The third kappa shape index (κ3) is 9.61. The molecule has 5 heteroatoms. The van der Waals surface area contributed by atoms with Crippen molar-refractivity contribution in [2.24, 2.45) is 0 Å². The smallest absolute Gasteiger partial charge is 1.00 e. The molecule has 1 N–H and O–H groups in total. The molecule has 0 aliphatic heterocycles. The van der Waals surface area contributed by atoms with Crippen LogP contribution < -0.4 is 18.9 Å². The molecule has 0 amide bonds. The van der Waals surface area contributed by atoms with Gasteiger partial charge in [-0.25, -0.2) is 0 Å². The Morgan fingerprint density at radius 1 is 2.00 bits per heavy atom. The second-order valence-corrected chi connectivity index (χ2v) is 1.56. The summed E-state index contributed by atoms with van der Waals surface area (Å²) in [6.45, 7) is 3.40. The molecule has 0 aromatic heterocycles. The van der Waals surface area contributed by atoms with E-state index in [-0.39, 0.29) is 26.9 Å². The minimum atomic E-state index is -2.43. The van der Waals surface area contributed by atoms with Crippen molar-refractivity contribution in [3.63, 3.8) is 0 Å². The molecule has 0 aliphatic carbocycles. The zero-order chi connectivity index (χ0) is 5.70. The van der Waals surface area contributed by atoms with Gasteiger partial charge in [0.1, 0.15) is 6.61 Å².